The summed E-state index contributed by atoms with van der Waals surface area (Å²) in [5, 5.41) is 7.14. The van der Waals surface area contributed by atoms with E-state index >= 15 is 0 Å². The van der Waals surface area contributed by atoms with Gasteiger partial charge in [-0.1, -0.05) is 42.5 Å². The highest BCUT2D eigenvalue weighted by Gasteiger charge is 2.37. The smallest absolute Gasteiger partial charge is 0.230 e. The van der Waals surface area contributed by atoms with Crippen molar-refractivity contribution in [2.24, 2.45) is 13.0 Å². The number of nitrogens with one attached hydrogen (secondary N) is 1. The molecule has 0 unspecified atom stereocenters. The van der Waals surface area contributed by atoms with E-state index in [-0.39, 0.29) is 23.7 Å². The molecule has 0 bridgehead atoms. The number of carbonyl (C=O) groups excluding carboxylic acids is 1. The molecule has 4 rings (SSSR count). The van der Waals surface area contributed by atoms with Gasteiger partial charge in [0.2, 0.25) is 5.91 Å². The van der Waals surface area contributed by atoms with Crippen LogP contribution in [-0.2, 0) is 18.4 Å². The molecule has 3 aromatic rings. The van der Waals surface area contributed by atoms with E-state index < -0.39 is 0 Å². The average molecular weight is 378 g/mol. The van der Waals surface area contributed by atoms with Gasteiger partial charge in [0.05, 0.1) is 5.92 Å². The number of hydrogen-bond donors (Lipinski definition) is 1. The Bertz CT molecular complexity index is 939. The van der Waals surface area contributed by atoms with Crippen LogP contribution in [-0.4, -0.2) is 27.1 Å². The molecule has 2 atom stereocenters. The van der Waals surface area contributed by atoms with Gasteiger partial charge >= 0.3 is 0 Å². The number of aromatic nitrogens is 2. The lowest BCUT2D eigenvalue weighted by atomic mass is 9.99. The molecular weight excluding hydrogens is 355 g/mol. The maximum atomic E-state index is 13.4. The van der Waals surface area contributed by atoms with Crippen LogP contribution < -0.4 is 5.32 Å². The summed E-state index contributed by atoms with van der Waals surface area (Å²) in [7, 11) is 1.82. The fraction of sp³-hybridized carbons (Fsp3) is 0.273. The Morgan fingerprint density at radius 2 is 1.89 bits per heavy atom. The number of anilines is 1. The molecule has 1 saturated heterocycles. The maximum absolute atomic E-state index is 13.4. The molecule has 144 valence electrons. The van der Waals surface area contributed by atoms with E-state index in [4.69, 9.17) is 0 Å². The van der Waals surface area contributed by atoms with Crippen molar-refractivity contribution in [3.05, 3.63) is 83.8 Å². The van der Waals surface area contributed by atoms with E-state index in [1.165, 1.54) is 17.7 Å². The zero-order valence-corrected chi connectivity index (χ0v) is 15.8. The number of halogens is 1. The summed E-state index contributed by atoms with van der Waals surface area (Å²) in [6.45, 7) is 1.39. The number of benzene rings is 2. The van der Waals surface area contributed by atoms with Gasteiger partial charge in [0.1, 0.15) is 5.82 Å². The zero-order chi connectivity index (χ0) is 19.5. The van der Waals surface area contributed by atoms with E-state index in [1.54, 1.807) is 16.9 Å². The number of likely N-dealkylation sites (tertiary alicyclic amines) is 1. The molecule has 1 fully saturated rings. The molecule has 0 spiro atoms. The van der Waals surface area contributed by atoms with Crippen molar-refractivity contribution >= 4 is 11.7 Å². The van der Waals surface area contributed by atoms with Gasteiger partial charge in [-0.25, -0.2) is 4.39 Å². The Labute approximate surface area is 163 Å². The minimum absolute atomic E-state index is 0.0265. The lowest BCUT2D eigenvalue weighted by Gasteiger charge is -2.24. The third-order valence-electron chi connectivity index (χ3n) is 5.22. The highest BCUT2D eigenvalue weighted by Crippen LogP contribution is 2.37. The first-order valence-corrected chi connectivity index (χ1v) is 9.42. The largest absolute Gasteiger partial charge is 0.309 e. The summed E-state index contributed by atoms with van der Waals surface area (Å²) in [6.07, 6.45) is 2.49. The van der Waals surface area contributed by atoms with Crippen LogP contribution in [0, 0.1) is 11.7 Å². The molecule has 0 aliphatic carbocycles. The van der Waals surface area contributed by atoms with Gasteiger partial charge in [-0.3, -0.25) is 14.4 Å². The summed E-state index contributed by atoms with van der Waals surface area (Å²) in [5.41, 5.74) is 2.23. The van der Waals surface area contributed by atoms with E-state index in [0.717, 1.165) is 12.1 Å². The summed E-state index contributed by atoms with van der Waals surface area (Å²) >= 11 is 0. The van der Waals surface area contributed by atoms with E-state index in [2.05, 4.69) is 27.4 Å². The molecule has 1 aliphatic heterocycles. The van der Waals surface area contributed by atoms with Gasteiger partial charge in [0.25, 0.3) is 0 Å². The molecule has 1 amide bonds. The molecule has 6 heteroatoms. The molecule has 2 aromatic carbocycles. The molecule has 5 nitrogen and oxygen atoms in total. The highest BCUT2D eigenvalue weighted by molar-refractivity contribution is 5.92. The van der Waals surface area contributed by atoms with Crippen molar-refractivity contribution in [3.63, 3.8) is 0 Å². The second kappa shape index (κ2) is 7.94. The molecule has 2 heterocycles. The Hall–Kier alpha value is -2.99. The van der Waals surface area contributed by atoms with Crippen LogP contribution in [0.1, 0.15) is 23.6 Å². The molecule has 0 saturated carbocycles. The zero-order valence-electron chi connectivity index (χ0n) is 15.8. The predicted octanol–water partition coefficient (Wildman–Crippen LogP) is 3.76. The molecule has 0 radical (unpaired) electrons. The number of rotatable bonds is 5. The Morgan fingerprint density at radius 1 is 1.14 bits per heavy atom. The van der Waals surface area contributed by atoms with Crippen LogP contribution in [0.25, 0.3) is 0 Å². The predicted molar refractivity (Wildman–Crippen MR) is 106 cm³/mol. The van der Waals surface area contributed by atoms with Crippen molar-refractivity contribution in [1.82, 2.24) is 14.7 Å². The van der Waals surface area contributed by atoms with Gasteiger partial charge in [0.15, 0.2) is 5.82 Å². The number of aryl methyl sites for hydroxylation is 1. The van der Waals surface area contributed by atoms with Crippen LogP contribution in [0.4, 0.5) is 10.2 Å². The van der Waals surface area contributed by atoms with Crippen molar-refractivity contribution in [3.8, 4) is 0 Å². The summed E-state index contributed by atoms with van der Waals surface area (Å²) in [4.78, 5) is 15.1. The van der Waals surface area contributed by atoms with Crippen LogP contribution in [0.3, 0.4) is 0 Å². The molecule has 1 aliphatic rings. The normalized spacial score (nSPS) is 19.6. The molecule has 1 N–H and O–H groups in total. The SMILES string of the molecule is Cn1ccc(NC(=O)[C@@H]2C[C@@H](c3ccc(F)cc3)N(Cc3ccccc3)C2)n1. The van der Waals surface area contributed by atoms with Crippen molar-refractivity contribution in [2.75, 3.05) is 11.9 Å². The summed E-state index contributed by atoms with van der Waals surface area (Å²) in [5.74, 6) is 0.135. The van der Waals surface area contributed by atoms with Crippen LogP contribution >= 0.6 is 0 Å². The van der Waals surface area contributed by atoms with Crippen molar-refractivity contribution < 1.29 is 9.18 Å². The van der Waals surface area contributed by atoms with Gasteiger partial charge in [0, 0.05) is 38.4 Å². The van der Waals surface area contributed by atoms with Crippen molar-refractivity contribution in [2.45, 2.75) is 19.0 Å². The maximum Gasteiger partial charge on any atom is 0.230 e. The average Bonchev–Trinajstić information content (AvgIpc) is 3.29. The second-order valence-electron chi connectivity index (χ2n) is 7.28. The lowest BCUT2D eigenvalue weighted by molar-refractivity contribution is -0.119. The first kappa shape index (κ1) is 18.4. The fourth-order valence-electron chi connectivity index (χ4n) is 3.83. The Balaban J connectivity index is 1.53. The molecule has 28 heavy (non-hydrogen) atoms. The van der Waals surface area contributed by atoms with Gasteiger partial charge in [-0.05, 0) is 29.7 Å². The number of carbonyl (C=O) groups is 1. The minimum Gasteiger partial charge on any atom is -0.309 e. The van der Waals surface area contributed by atoms with E-state index in [0.29, 0.717) is 18.8 Å². The third-order valence-corrected chi connectivity index (χ3v) is 5.22. The van der Waals surface area contributed by atoms with Crippen molar-refractivity contribution in [1.29, 1.82) is 0 Å². The third kappa shape index (κ3) is 4.12. The summed E-state index contributed by atoms with van der Waals surface area (Å²) in [6, 6.07) is 18.7. The number of hydrogen-bond acceptors (Lipinski definition) is 3. The Morgan fingerprint density at radius 3 is 2.57 bits per heavy atom. The topological polar surface area (TPSA) is 50.2 Å². The van der Waals surface area contributed by atoms with Crippen LogP contribution in [0.15, 0.2) is 66.9 Å². The van der Waals surface area contributed by atoms with Gasteiger partial charge in [-0.15, -0.1) is 0 Å². The quantitative estimate of drug-likeness (QED) is 0.735. The lowest BCUT2D eigenvalue weighted by Crippen LogP contribution is -2.27. The number of amides is 1. The second-order valence-corrected chi connectivity index (χ2v) is 7.28. The van der Waals surface area contributed by atoms with E-state index in [1.807, 2.05) is 37.4 Å². The first-order chi connectivity index (χ1) is 13.6. The monoisotopic (exact) mass is 378 g/mol. The summed E-state index contributed by atoms with van der Waals surface area (Å²) < 4.78 is 15.0. The van der Waals surface area contributed by atoms with Crippen LogP contribution in [0.5, 0.6) is 0 Å². The molecular formula is C22H23FN4O. The van der Waals surface area contributed by atoms with E-state index in [9.17, 15) is 9.18 Å². The standard InChI is InChI=1S/C22H23FN4O/c1-26-12-11-21(25-26)24-22(28)18-13-20(17-7-9-19(23)10-8-17)27(15-18)14-16-5-3-2-4-6-16/h2-12,18,20H,13-15H2,1H3,(H,24,25,28)/t18-,20+/m1/s1. The van der Waals surface area contributed by atoms with Gasteiger partial charge < -0.3 is 5.32 Å². The highest BCUT2D eigenvalue weighted by atomic mass is 19.1. The fourth-order valence-corrected chi connectivity index (χ4v) is 3.83. The Kier molecular flexibility index (Phi) is 5.21. The minimum atomic E-state index is -0.249. The molecule has 1 aromatic heterocycles. The van der Waals surface area contributed by atoms with Gasteiger partial charge in [-0.2, -0.15) is 5.10 Å². The van der Waals surface area contributed by atoms with Crippen LogP contribution in [0.2, 0.25) is 0 Å². The number of nitrogens with zero attached hydrogens (tertiary/aromatic N) is 3. The first-order valence-electron chi connectivity index (χ1n) is 9.42.